The molecule has 16 heteroatoms. The van der Waals surface area contributed by atoms with Crippen molar-refractivity contribution in [3.05, 3.63) is 96.7 Å². The molecule has 0 aliphatic carbocycles. The van der Waals surface area contributed by atoms with E-state index in [1.165, 1.54) is 31.3 Å². The second-order valence-corrected chi connectivity index (χ2v) is 11.7. The van der Waals surface area contributed by atoms with E-state index in [9.17, 15) is 0 Å². The number of anilines is 1. The molecule has 12 bridgehead atoms. The first-order chi connectivity index (χ1) is 24.5. The Hall–Kier alpha value is -6.10. The third-order valence-corrected chi connectivity index (χ3v) is 7.65. The Morgan fingerprint density at radius 3 is 2.08 bits per heavy atom. The number of nitrogens with one attached hydrogen (secondary N) is 2. The number of oxazole rings is 6. The first-order valence-electron chi connectivity index (χ1n) is 15.8. The van der Waals surface area contributed by atoms with Gasteiger partial charge < -0.3 is 36.7 Å². The van der Waals surface area contributed by atoms with Crippen molar-refractivity contribution < 1.29 is 31.3 Å². The van der Waals surface area contributed by atoms with Crippen LogP contribution in [0.15, 0.2) is 94.4 Å². The Bertz CT molecular complexity index is 2200. The number of hydrogen-bond acceptors (Lipinski definition) is 16. The fourth-order valence-corrected chi connectivity index (χ4v) is 5.09. The molecule has 0 fully saturated rings. The molecular weight excluding hydrogens is 646 g/mol. The third-order valence-electron chi connectivity index (χ3n) is 7.65. The van der Waals surface area contributed by atoms with Gasteiger partial charge in [-0.1, -0.05) is 18.2 Å². The lowest BCUT2D eigenvalue weighted by molar-refractivity contribution is -0.00451. The Morgan fingerprint density at radius 2 is 1.32 bits per heavy atom. The first kappa shape index (κ1) is 31.2. The Morgan fingerprint density at radius 1 is 0.700 bits per heavy atom. The second kappa shape index (κ2) is 13.8. The Balaban J connectivity index is 1.06. The minimum Gasteiger partial charge on any atom is -0.446 e. The third kappa shape index (κ3) is 7.02. The van der Waals surface area contributed by atoms with Gasteiger partial charge >= 0.3 is 0 Å². The Kier molecular flexibility index (Phi) is 8.60. The van der Waals surface area contributed by atoms with Crippen LogP contribution in [0.2, 0.25) is 0 Å². The van der Waals surface area contributed by atoms with Crippen LogP contribution in [0.5, 0.6) is 0 Å². The van der Waals surface area contributed by atoms with Gasteiger partial charge in [-0.05, 0) is 44.3 Å². The van der Waals surface area contributed by atoms with E-state index in [0.717, 1.165) is 24.3 Å². The number of rotatable bonds is 6. The highest BCUT2D eigenvalue weighted by Gasteiger charge is 2.23. The monoisotopic (exact) mass is 677 g/mol. The summed E-state index contributed by atoms with van der Waals surface area (Å²) in [5.41, 5.74) is 7.98. The standard InChI is InChI=1S/C34H31N9O7/c1-43(2)11-10-35-21-8-6-20(7-9-21)12-24-30-39-28(19-47-30)34-41-26(17-49-34)31-36-22(13-45-31)4-3-5-29-38-25(16-44-29)33-40-27(18-48-33)32-37-23(14-46-32)15-50-42-24/h3,5-9,13-14,16-19,24,35,42H,4,10-12,15H2,1-2H3/b5-3+. The van der Waals surface area contributed by atoms with E-state index in [-0.39, 0.29) is 24.3 Å². The molecule has 254 valence electrons. The fraction of sp³-hybridized carbons (Fsp3) is 0.235. The van der Waals surface area contributed by atoms with Crippen molar-refractivity contribution in [3.8, 4) is 46.3 Å². The number of likely N-dealkylation sites (N-methyl/N-ethyl adjacent to an activating group) is 1. The van der Waals surface area contributed by atoms with Gasteiger partial charge in [0, 0.05) is 25.2 Å². The normalized spacial score (nSPS) is 15.5. The van der Waals surface area contributed by atoms with Gasteiger partial charge in [0.1, 0.15) is 55.9 Å². The van der Waals surface area contributed by atoms with Crippen LogP contribution in [0.1, 0.15) is 34.8 Å². The number of fused-ring (bicyclic) bond motifs is 16. The summed E-state index contributed by atoms with van der Waals surface area (Å²) in [4.78, 5) is 35.2. The molecule has 0 saturated carbocycles. The summed E-state index contributed by atoms with van der Waals surface area (Å²) in [5, 5.41) is 3.43. The van der Waals surface area contributed by atoms with E-state index in [4.69, 9.17) is 31.3 Å². The smallest absolute Gasteiger partial charge is 0.249 e. The van der Waals surface area contributed by atoms with Crippen molar-refractivity contribution in [3.63, 3.8) is 0 Å². The highest BCUT2D eigenvalue weighted by molar-refractivity contribution is 5.55. The molecule has 1 aliphatic heterocycles. The first-order valence-corrected chi connectivity index (χ1v) is 15.8. The van der Waals surface area contributed by atoms with Crippen LogP contribution in [0, 0.1) is 0 Å². The van der Waals surface area contributed by atoms with Crippen LogP contribution in [0.4, 0.5) is 5.69 Å². The lowest BCUT2D eigenvalue weighted by atomic mass is 10.1. The molecule has 2 N–H and O–H groups in total. The van der Waals surface area contributed by atoms with Gasteiger partial charge in [0.05, 0.1) is 5.69 Å². The zero-order valence-corrected chi connectivity index (χ0v) is 27.0. The molecule has 1 aliphatic rings. The summed E-state index contributed by atoms with van der Waals surface area (Å²) < 4.78 is 34.2. The number of hydrogen-bond donors (Lipinski definition) is 2. The minimum atomic E-state index is -0.487. The van der Waals surface area contributed by atoms with E-state index in [1.807, 2.05) is 44.4 Å². The fourth-order valence-electron chi connectivity index (χ4n) is 5.09. The zero-order valence-electron chi connectivity index (χ0n) is 27.0. The van der Waals surface area contributed by atoms with Crippen LogP contribution >= 0.6 is 0 Å². The molecule has 0 radical (unpaired) electrons. The summed E-state index contributed by atoms with van der Waals surface area (Å²) in [6.07, 6.45) is 13.4. The number of nitrogens with zero attached hydrogens (tertiary/aromatic N) is 7. The summed E-state index contributed by atoms with van der Waals surface area (Å²) in [7, 11) is 4.09. The van der Waals surface area contributed by atoms with E-state index in [0.29, 0.717) is 64.7 Å². The van der Waals surface area contributed by atoms with Gasteiger partial charge in [-0.15, -0.1) is 0 Å². The number of allylic oxidation sites excluding steroid dienone is 1. The lowest BCUT2D eigenvalue weighted by Gasteiger charge is -2.16. The molecule has 50 heavy (non-hydrogen) atoms. The van der Waals surface area contributed by atoms with Gasteiger partial charge in [0.2, 0.25) is 35.3 Å². The lowest BCUT2D eigenvalue weighted by Crippen LogP contribution is -2.24. The molecule has 6 aromatic heterocycles. The highest BCUT2D eigenvalue weighted by Crippen LogP contribution is 2.28. The second-order valence-electron chi connectivity index (χ2n) is 11.7. The summed E-state index contributed by atoms with van der Waals surface area (Å²) >= 11 is 0. The van der Waals surface area contributed by atoms with Gasteiger partial charge in [0.25, 0.3) is 0 Å². The van der Waals surface area contributed by atoms with Crippen molar-refractivity contribution in [1.82, 2.24) is 40.3 Å². The molecule has 1 aromatic carbocycles. The van der Waals surface area contributed by atoms with Gasteiger partial charge in [0.15, 0.2) is 22.8 Å². The summed E-state index contributed by atoms with van der Waals surface area (Å²) in [5.74, 6) is 1.81. The maximum absolute atomic E-state index is 5.93. The van der Waals surface area contributed by atoms with Crippen LogP contribution in [-0.2, 0) is 24.3 Å². The number of benzene rings is 1. The average Bonchev–Trinajstić information content (AvgIpc) is 3.96. The Labute approximate surface area is 284 Å². The summed E-state index contributed by atoms with van der Waals surface area (Å²) in [6, 6.07) is 7.70. The predicted molar refractivity (Wildman–Crippen MR) is 176 cm³/mol. The molecule has 0 saturated heterocycles. The highest BCUT2D eigenvalue weighted by atomic mass is 16.6. The summed E-state index contributed by atoms with van der Waals surface area (Å²) in [6.45, 7) is 1.84. The van der Waals surface area contributed by atoms with Crippen molar-refractivity contribution in [1.29, 1.82) is 0 Å². The number of aromatic nitrogens is 6. The SMILES string of the molecule is CN(C)CCNc1ccc(CC2NOCc3coc(n3)-c3coc(n3)-c3coc(n3)/C=C/Cc3coc(n3)-c3coc(n3)-c3coc2n3)cc1. The van der Waals surface area contributed by atoms with Crippen molar-refractivity contribution in [2.45, 2.75) is 25.5 Å². The minimum absolute atomic E-state index is 0.0766. The average molecular weight is 678 g/mol. The molecule has 7 heterocycles. The molecule has 1 unspecified atom stereocenters. The zero-order chi connectivity index (χ0) is 33.9. The van der Waals surface area contributed by atoms with Gasteiger partial charge in [-0.2, -0.15) is 5.48 Å². The van der Waals surface area contributed by atoms with Crippen molar-refractivity contribution in [2.24, 2.45) is 0 Å². The van der Waals surface area contributed by atoms with E-state index in [2.05, 4.69) is 45.6 Å². The van der Waals surface area contributed by atoms with Crippen LogP contribution < -0.4 is 10.8 Å². The molecule has 0 spiro atoms. The van der Waals surface area contributed by atoms with E-state index in [1.54, 1.807) is 12.3 Å². The number of hydroxylamine groups is 1. The van der Waals surface area contributed by atoms with Crippen LogP contribution in [-0.4, -0.2) is 62.0 Å². The van der Waals surface area contributed by atoms with Gasteiger partial charge in [-0.3, -0.25) is 4.84 Å². The topological polar surface area (TPSA) is 193 Å². The quantitative estimate of drug-likeness (QED) is 0.213. The molecule has 1 atom stereocenters. The largest absolute Gasteiger partial charge is 0.446 e. The maximum Gasteiger partial charge on any atom is 0.249 e. The van der Waals surface area contributed by atoms with Crippen LogP contribution in [0.25, 0.3) is 52.4 Å². The van der Waals surface area contributed by atoms with Crippen molar-refractivity contribution in [2.75, 3.05) is 32.5 Å². The van der Waals surface area contributed by atoms with E-state index < -0.39 is 6.04 Å². The van der Waals surface area contributed by atoms with Gasteiger partial charge in [-0.25, -0.2) is 29.9 Å². The van der Waals surface area contributed by atoms with E-state index >= 15 is 0 Å². The van der Waals surface area contributed by atoms with Crippen LogP contribution in [0.3, 0.4) is 0 Å². The molecule has 7 aromatic rings. The maximum atomic E-state index is 5.93. The molecule has 8 rings (SSSR count). The molecule has 16 nitrogen and oxygen atoms in total. The predicted octanol–water partition coefficient (Wildman–Crippen LogP) is 5.83. The van der Waals surface area contributed by atoms with Crippen molar-refractivity contribution >= 4 is 11.8 Å². The molecular formula is C34H31N9O7. The molecule has 0 amide bonds.